The zero-order valence-electron chi connectivity index (χ0n) is 20.1. The second-order valence-electron chi connectivity index (χ2n) is 8.90. The standard InChI is InChI=1S/C25H45NO6/c1-2-3-4-5-6-7-8-9-10-11-12-13-14-15-19-26(20-16-23(27)28,21-17-24(29)30)22-18-25(31)32/h4-5H,2-3,6-22H2,1H3,(H2-,27,28,29,30,31,32)/p+1/b5-4+. The fraction of sp³-hybridized carbons (Fsp3) is 0.800. The van der Waals surface area contributed by atoms with Crippen LogP contribution in [0.1, 0.15) is 103 Å². The van der Waals surface area contributed by atoms with Crippen LogP contribution in [0.3, 0.4) is 0 Å². The summed E-state index contributed by atoms with van der Waals surface area (Å²) in [6.07, 6.45) is 18.4. The number of unbranched alkanes of at least 4 members (excludes halogenated alkanes) is 10. The summed E-state index contributed by atoms with van der Waals surface area (Å²) in [7, 11) is 0. The highest BCUT2D eigenvalue weighted by Crippen LogP contribution is 2.17. The van der Waals surface area contributed by atoms with E-state index in [1.807, 2.05) is 0 Å². The van der Waals surface area contributed by atoms with Crippen molar-refractivity contribution >= 4 is 17.9 Å². The lowest BCUT2D eigenvalue weighted by atomic mass is 10.1. The van der Waals surface area contributed by atoms with Crippen LogP contribution < -0.4 is 0 Å². The Bertz CT molecular complexity index is 501. The van der Waals surface area contributed by atoms with Crippen LogP contribution in [0.25, 0.3) is 0 Å². The molecule has 0 aromatic carbocycles. The van der Waals surface area contributed by atoms with E-state index in [9.17, 15) is 14.4 Å². The third kappa shape index (κ3) is 18.8. The van der Waals surface area contributed by atoms with E-state index >= 15 is 0 Å². The zero-order chi connectivity index (χ0) is 24.1. The summed E-state index contributed by atoms with van der Waals surface area (Å²) in [5.41, 5.74) is 0. The number of nitrogens with zero attached hydrogens (tertiary/aromatic N) is 1. The monoisotopic (exact) mass is 456 g/mol. The van der Waals surface area contributed by atoms with Crippen molar-refractivity contribution in [2.45, 2.75) is 103 Å². The van der Waals surface area contributed by atoms with Gasteiger partial charge >= 0.3 is 17.9 Å². The van der Waals surface area contributed by atoms with Gasteiger partial charge in [-0.2, -0.15) is 0 Å². The molecule has 0 aromatic heterocycles. The van der Waals surface area contributed by atoms with Gasteiger partial charge in [-0.15, -0.1) is 0 Å². The molecule has 0 fully saturated rings. The first-order valence-corrected chi connectivity index (χ1v) is 12.5. The summed E-state index contributed by atoms with van der Waals surface area (Å²) >= 11 is 0. The van der Waals surface area contributed by atoms with Crippen molar-refractivity contribution in [1.29, 1.82) is 0 Å². The molecule has 3 N–H and O–H groups in total. The first-order chi connectivity index (χ1) is 15.3. The van der Waals surface area contributed by atoms with Crippen molar-refractivity contribution in [1.82, 2.24) is 0 Å². The van der Waals surface area contributed by atoms with Crippen LogP contribution in [-0.4, -0.2) is 63.9 Å². The minimum atomic E-state index is -0.935. The van der Waals surface area contributed by atoms with Gasteiger partial charge in [-0.25, -0.2) is 0 Å². The van der Waals surface area contributed by atoms with Gasteiger partial charge in [0.2, 0.25) is 0 Å². The van der Waals surface area contributed by atoms with Crippen LogP contribution in [0.15, 0.2) is 12.2 Å². The summed E-state index contributed by atoms with van der Waals surface area (Å²) in [6.45, 7) is 3.67. The Balaban J connectivity index is 4.20. The molecule has 7 heteroatoms. The fourth-order valence-corrected chi connectivity index (χ4v) is 4.02. The Morgan fingerprint density at radius 1 is 0.562 bits per heavy atom. The van der Waals surface area contributed by atoms with Gasteiger partial charge in [0.25, 0.3) is 0 Å². The molecular weight excluding hydrogens is 410 g/mol. The first kappa shape index (κ1) is 30.1. The largest absolute Gasteiger partial charge is 0.481 e. The number of hydrogen-bond acceptors (Lipinski definition) is 3. The fourth-order valence-electron chi connectivity index (χ4n) is 4.02. The molecule has 0 aliphatic carbocycles. The molecule has 0 saturated heterocycles. The van der Waals surface area contributed by atoms with Crippen LogP contribution in [0.2, 0.25) is 0 Å². The molecule has 186 valence electrons. The van der Waals surface area contributed by atoms with Crippen LogP contribution in [0.4, 0.5) is 0 Å². The van der Waals surface area contributed by atoms with Gasteiger partial charge in [-0.1, -0.05) is 64.0 Å². The number of hydrogen-bond donors (Lipinski definition) is 3. The van der Waals surface area contributed by atoms with E-state index in [0.717, 1.165) is 19.3 Å². The van der Waals surface area contributed by atoms with Crippen molar-refractivity contribution < 1.29 is 34.2 Å². The minimum absolute atomic E-state index is 0.0758. The number of carboxylic acids is 3. The maximum atomic E-state index is 11.1. The first-order valence-electron chi connectivity index (χ1n) is 12.5. The number of aliphatic carboxylic acids is 3. The zero-order valence-corrected chi connectivity index (χ0v) is 20.1. The lowest BCUT2D eigenvalue weighted by molar-refractivity contribution is -0.927. The Morgan fingerprint density at radius 2 is 0.938 bits per heavy atom. The maximum Gasteiger partial charge on any atom is 0.309 e. The smallest absolute Gasteiger partial charge is 0.309 e. The molecule has 0 rings (SSSR count). The number of carboxylic acid groups (broad SMARTS) is 3. The second-order valence-corrected chi connectivity index (χ2v) is 8.90. The molecule has 32 heavy (non-hydrogen) atoms. The summed E-state index contributed by atoms with van der Waals surface area (Å²) in [4.78, 5) is 33.2. The van der Waals surface area contributed by atoms with E-state index in [-0.39, 0.29) is 43.4 Å². The summed E-state index contributed by atoms with van der Waals surface area (Å²) in [6, 6.07) is 0. The highest BCUT2D eigenvalue weighted by atomic mass is 16.4. The SMILES string of the molecule is CCC/C=C/CCCCCCCCCCC[N+](CCC(=O)O)(CCC(=O)O)CCC(=O)O. The van der Waals surface area contributed by atoms with Gasteiger partial charge in [0.15, 0.2) is 0 Å². The number of rotatable bonds is 23. The van der Waals surface area contributed by atoms with Gasteiger partial charge in [0, 0.05) is 0 Å². The molecule has 0 radical (unpaired) electrons. The predicted octanol–water partition coefficient (Wildman–Crippen LogP) is 5.48. The van der Waals surface area contributed by atoms with E-state index in [2.05, 4.69) is 19.1 Å². The van der Waals surface area contributed by atoms with Crippen molar-refractivity contribution in [2.24, 2.45) is 0 Å². The summed E-state index contributed by atoms with van der Waals surface area (Å²) in [5, 5.41) is 27.2. The molecule has 7 nitrogen and oxygen atoms in total. The van der Waals surface area contributed by atoms with E-state index < -0.39 is 17.9 Å². The topological polar surface area (TPSA) is 112 Å². The van der Waals surface area contributed by atoms with Gasteiger partial charge in [0.1, 0.15) is 0 Å². The average molecular weight is 457 g/mol. The Hall–Kier alpha value is -1.89. The molecule has 0 amide bonds. The number of carbonyl (C=O) groups is 3. The molecule has 0 atom stereocenters. The van der Waals surface area contributed by atoms with Crippen molar-refractivity contribution in [2.75, 3.05) is 26.2 Å². The second kappa shape index (κ2) is 19.8. The summed E-state index contributed by atoms with van der Waals surface area (Å²) < 4.78 is 0.262. The lowest BCUT2D eigenvalue weighted by Gasteiger charge is -2.38. The van der Waals surface area contributed by atoms with E-state index in [1.54, 1.807) is 0 Å². The van der Waals surface area contributed by atoms with Gasteiger partial charge in [0.05, 0.1) is 45.4 Å². The molecule has 0 unspecified atom stereocenters. The van der Waals surface area contributed by atoms with Crippen LogP contribution in [0.5, 0.6) is 0 Å². The molecule has 0 aliphatic rings. The molecule has 0 spiro atoms. The predicted molar refractivity (Wildman–Crippen MR) is 127 cm³/mol. The maximum absolute atomic E-state index is 11.1. The Kier molecular flexibility index (Phi) is 18.6. The molecule has 0 saturated carbocycles. The highest BCUT2D eigenvalue weighted by molar-refractivity contribution is 5.67. The lowest BCUT2D eigenvalue weighted by Crippen LogP contribution is -2.52. The molecule has 0 aliphatic heterocycles. The normalized spacial score (nSPS) is 11.8. The van der Waals surface area contributed by atoms with E-state index in [4.69, 9.17) is 15.3 Å². The third-order valence-electron chi connectivity index (χ3n) is 6.03. The minimum Gasteiger partial charge on any atom is -0.481 e. The molecule has 0 bridgehead atoms. The third-order valence-corrected chi connectivity index (χ3v) is 6.03. The molecule has 0 aromatic rings. The van der Waals surface area contributed by atoms with Crippen molar-refractivity contribution in [3.63, 3.8) is 0 Å². The van der Waals surface area contributed by atoms with Gasteiger partial charge in [-0.3, -0.25) is 14.4 Å². The quantitative estimate of drug-likeness (QED) is 0.107. The van der Waals surface area contributed by atoms with Gasteiger partial charge in [-0.05, 0) is 32.1 Å². The number of quaternary nitrogens is 1. The van der Waals surface area contributed by atoms with E-state index in [0.29, 0.717) is 6.54 Å². The van der Waals surface area contributed by atoms with Crippen LogP contribution >= 0.6 is 0 Å². The van der Waals surface area contributed by atoms with Gasteiger partial charge < -0.3 is 19.8 Å². The van der Waals surface area contributed by atoms with E-state index in [1.165, 1.54) is 57.8 Å². The number of allylic oxidation sites excluding steroid dienone is 2. The average Bonchev–Trinajstić information content (AvgIpc) is 2.74. The highest BCUT2D eigenvalue weighted by Gasteiger charge is 2.29. The van der Waals surface area contributed by atoms with Crippen molar-refractivity contribution in [3.8, 4) is 0 Å². The van der Waals surface area contributed by atoms with Crippen LogP contribution in [-0.2, 0) is 14.4 Å². The molecule has 0 heterocycles. The Morgan fingerprint density at radius 3 is 1.34 bits per heavy atom. The van der Waals surface area contributed by atoms with Crippen molar-refractivity contribution in [3.05, 3.63) is 12.2 Å². The molecular formula is C25H46NO6+. The van der Waals surface area contributed by atoms with Crippen LogP contribution in [0, 0.1) is 0 Å². The summed E-state index contributed by atoms with van der Waals surface area (Å²) in [5.74, 6) is -2.81. The Labute approximate surface area is 194 Å².